The zero-order valence-corrected chi connectivity index (χ0v) is 58.5. The molecule has 14 aliphatic heterocycles. The highest BCUT2D eigenvalue weighted by molar-refractivity contribution is 5.91. The number of piperidine rings is 6. The third kappa shape index (κ3) is 18.2. The van der Waals surface area contributed by atoms with E-state index in [1.165, 1.54) is 12.8 Å². The fourth-order valence-corrected chi connectivity index (χ4v) is 15.6. The maximum absolute atomic E-state index is 12.2. The lowest BCUT2D eigenvalue weighted by Crippen LogP contribution is -2.50. The summed E-state index contributed by atoms with van der Waals surface area (Å²) in [6, 6.07) is 3.09. The third-order valence-electron chi connectivity index (χ3n) is 21.9. The number of carbonyl (C=O) groups is 10. The summed E-state index contributed by atoms with van der Waals surface area (Å²) in [6.07, 6.45) is 12.7. The summed E-state index contributed by atoms with van der Waals surface area (Å²) in [5.41, 5.74) is 23.3. The van der Waals surface area contributed by atoms with Gasteiger partial charge in [-0.2, -0.15) is 10.5 Å². The van der Waals surface area contributed by atoms with E-state index in [1.54, 1.807) is 84.2 Å². The number of amides is 15. The molecule has 1 unspecified atom stereocenters. The molecule has 14 aliphatic rings. The highest BCUT2D eigenvalue weighted by Gasteiger charge is 2.50. The Morgan fingerprint density at radius 2 is 0.772 bits per heavy atom. The van der Waals surface area contributed by atoms with Crippen molar-refractivity contribution < 1.29 is 72.1 Å². The van der Waals surface area contributed by atoms with Crippen molar-refractivity contribution in [3.05, 3.63) is 0 Å². The van der Waals surface area contributed by atoms with Crippen LogP contribution in [0.4, 0.5) is 24.0 Å². The van der Waals surface area contributed by atoms with Crippen LogP contribution in [0.1, 0.15) is 103 Å². The van der Waals surface area contributed by atoms with Gasteiger partial charge >= 0.3 is 30.2 Å². The predicted octanol–water partition coefficient (Wildman–Crippen LogP) is -4.04. The number of nitrogens with zero attached hydrogens (tertiary/aromatic N) is 12. The SMILES string of the molecule is CN1C(=O)N2C[C@H]1CC[C@H]2C(=O)NOCC1CCCCN1.CN1C(=O)N2C[C@H]1CC[C@H]2C(=O)NOCCN.CN1C(=O)N2C[C@H]1CC[C@H]2C(=O)NOC[C@@H]1C[C@@H](N)CN1.CN1C(=O)N2C[C@H]1CC[C@H]2C(=O)NO[C@@H]1CN[C@@H](C#N)C1.CN1C(=O)N2C[C@H]1CC[C@H]2C(=O)NO[C@H]1CN[C@@H](C#N)C1. The van der Waals surface area contributed by atoms with E-state index in [0.717, 1.165) is 58.0 Å². The molecule has 15 amide bonds. The number of carbonyl (C=O) groups excluding carboxylic acids is 10. The molecule has 38 heteroatoms. The molecule has 0 aromatic carbocycles. The summed E-state index contributed by atoms with van der Waals surface area (Å²) in [5.74, 6) is -1.26. The van der Waals surface area contributed by atoms with Crippen LogP contribution in [-0.2, 0) is 48.2 Å². The summed E-state index contributed by atoms with van der Waals surface area (Å²) >= 11 is 0. The molecule has 13 N–H and O–H groups in total. The topological polar surface area (TPSA) is 457 Å². The molecule has 14 saturated heterocycles. The van der Waals surface area contributed by atoms with E-state index >= 15 is 0 Å². The minimum absolute atomic E-state index is 0.0494. The number of rotatable bonds is 18. The van der Waals surface area contributed by atoms with Crippen molar-refractivity contribution >= 4 is 59.7 Å². The molecule has 0 radical (unpaired) electrons. The lowest BCUT2D eigenvalue weighted by atomic mass is 10.0. The molecule has 0 aromatic rings. The van der Waals surface area contributed by atoms with Gasteiger partial charge in [-0.25, -0.2) is 51.4 Å². The first-order chi connectivity index (χ1) is 48.6. The van der Waals surface area contributed by atoms with Crippen LogP contribution < -0.4 is 60.1 Å². The van der Waals surface area contributed by atoms with E-state index in [0.29, 0.717) is 117 Å². The number of hydroxylamine groups is 5. The maximum Gasteiger partial charge on any atom is 0.320 e. The Kier molecular flexibility index (Phi) is 26.3. The molecular weight excluding hydrogens is 1320 g/mol. The Balaban J connectivity index is 0.000000136. The first-order valence-electron chi connectivity index (χ1n) is 35.6. The summed E-state index contributed by atoms with van der Waals surface area (Å²) in [7, 11) is 8.92. The molecule has 38 nitrogen and oxygen atoms in total. The second-order valence-electron chi connectivity index (χ2n) is 28.4. The van der Waals surface area contributed by atoms with Gasteiger partial charge in [0.25, 0.3) is 29.5 Å². The minimum atomic E-state index is -0.458. The number of urea groups is 5. The van der Waals surface area contributed by atoms with Gasteiger partial charge in [-0.1, -0.05) is 6.42 Å². The number of nitrogens with one attached hydrogen (secondary N) is 9. The van der Waals surface area contributed by atoms with Gasteiger partial charge in [-0.3, -0.25) is 58.8 Å². The maximum atomic E-state index is 12.2. The molecule has 101 heavy (non-hydrogen) atoms. The van der Waals surface area contributed by atoms with Crippen LogP contribution in [-0.4, -0.2) is 332 Å². The smallest absolute Gasteiger partial charge is 0.320 e. The number of hydrogen-bond acceptors (Lipinski definition) is 23. The van der Waals surface area contributed by atoms with E-state index in [1.807, 2.05) is 0 Å². The third-order valence-corrected chi connectivity index (χ3v) is 21.9. The number of fused-ring (bicyclic) bond motifs is 10. The minimum Gasteiger partial charge on any atom is -0.328 e. The number of nitrogens with two attached hydrogens (primary N) is 2. The predicted molar refractivity (Wildman–Crippen MR) is 355 cm³/mol. The molecule has 17 atom stereocenters. The van der Waals surface area contributed by atoms with Gasteiger partial charge in [0.1, 0.15) is 42.4 Å². The Morgan fingerprint density at radius 3 is 1.07 bits per heavy atom. The molecular formula is C63H103N23O15. The molecule has 14 rings (SSSR count). The Hall–Kier alpha value is -7.76. The number of likely N-dealkylation sites (N-methyl/N-ethyl adjacent to an activating group) is 5. The lowest BCUT2D eigenvalue weighted by Gasteiger charge is -2.29. The van der Waals surface area contributed by atoms with Crippen molar-refractivity contribution in [2.45, 2.75) is 206 Å². The zero-order valence-electron chi connectivity index (χ0n) is 58.5. The van der Waals surface area contributed by atoms with Gasteiger partial charge in [0, 0.05) is 125 Å². The van der Waals surface area contributed by atoms with E-state index in [9.17, 15) is 47.9 Å². The van der Waals surface area contributed by atoms with E-state index in [4.69, 9.17) is 46.2 Å². The van der Waals surface area contributed by atoms with Crippen LogP contribution in [0.5, 0.6) is 0 Å². The number of nitriles is 2. The highest BCUT2D eigenvalue weighted by atomic mass is 16.7. The molecule has 14 fully saturated rings. The second kappa shape index (κ2) is 34.9. The molecule has 0 aliphatic carbocycles. The van der Waals surface area contributed by atoms with Gasteiger partial charge < -0.3 is 71.1 Å². The standard InChI is InChI=1S/C14H24N4O3.C13H23N5O3.2C13H19N5O3.C10H18N4O3/c1-17-11-5-6-12(18(8-11)14(17)20)13(19)16-21-9-10-4-2-3-7-15-10;1-17-10-2-3-11(18(6-10)13(17)20)12(19)16-21-7-9-4-8(14)5-15-9;2*1-17-9-2-3-11(18(7-9)13(17)20)12(19)16-21-10-4-8(5-14)15-6-10;1-13-7-2-3-8(14(6-7)10(13)16)9(15)12-17-5-4-11/h10-12,15H,2-9H2,1H3,(H,16,19);8-11,15H,2-7,14H2,1H3,(H,16,19);2*8-11,15H,2-4,6-7H2,1H3,(H,16,19);7-8H,2-6,11H2,1H3,(H,12,15)/t10?,11-,12+;8-,9+,10-,11+;8-,9-,10+,11+;8-,9-,10-,11+;7-,8+/m11111/s1. The van der Waals surface area contributed by atoms with Crippen LogP contribution in [0.25, 0.3) is 0 Å². The van der Waals surface area contributed by atoms with Crippen molar-refractivity contribution in [2.24, 2.45) is 11.5 Å². The lowest BCUT2D eigenvalue weighted by molar-refractivity contribution is -0.143. The van der Waals surface area contributed by atoms with Crippen LogP contribution in [0.3, 0.4) is 0 Å². The first-order valence-corrected chi connectivity index (χ1v) is 35.6. The summed E-state index contributed by atoms with van der Waals surface area (Å²) in [6.45, 7) is 7.48. The van der Waals surface area contributed by atoms with Crippen molar-refractivity contribution in [3.8, 4) is 12.1 Å². The first kappa shape index (κ1) is 75.9. The van der Waals surface area contributed by atoms with E-state index in [2.05, 4.69) is 60.8 Å². The monoisotopic (exact) mass is 1420 g/mol. The molecule has 14 heterocycles. The van der Waals surface area contributed by atoms with Gasteiger partial charge in [0.05, 0.1) is 74.3 Å². The van der Waals surface area contributed by atoms with E-state index in [-0.39, 0.29) is 133 Å². The van der Waals surface area contributed by atoms with Gasteiger partial charge in [0.15, 0.2) is 0 Å². The second-order valence-corrected chi connectivity index (χ2v) is 28.4. The molecule has 10 bridgehead atoms. The van der Waals surface area contributed by atoms with E-state index < -0.39 is 30.2 Å². The highest BCUT2D eigenvalue weighted by Crippen LogP contribution is 2.33. The van der Waals surface area contributed by atoms with Gasteiger partial charge in [-0.05, 0) is 90.0 Å². The van der Waals surface area contributed by atoms with Crippen LogP contribution in [0.2, 0.25) is 0 Å². The fraction of sp³-hybridized carbons (Fsp3) is 0.810. The van der Waals surface area contributed by atoms with Crippen molar-refractivity contribution in [3.63, 3.8) is 0 Å². The molecule has 0 aromatic heterocycles. The van der Waals surface area contributed by atoms with Gasteiger partial charge in [0.2, 0.25) is 0 Å². The fourth-order valence-electron chi connectivity index (χ4n) is 15.6. The summed E-state index contributed by atoms with van der Waals surface area (Å²) < 4.78 is 0. The summed E-state index contributed by atoms with van der Waals surface area (Å²) in [5, 5.41) is 30.1. The zero-order chi connectivity index (χ0) is 72.2. The quantitative estimate of drug-likeness (QED) is 0.0460. The Bertz CT molecular complexity index is 2900. The van der Waals surface area contributed by atoms with Crippen LogP contribution in [0, 0.1) is 22.7 Å². The van der Waals surface area contributed by atoms with Crippen LogP contribution >= 0.6 is 0 Å². The van der Waals surface area contributed by atoms with Crippen molar-refractivity contribution in [2.75, 3.05) is 121 Å². The Labute approximate surface area is 587 Å². The van der Waals surface area contributed by atoms with Gasteiger partial charge in [-0.15, -0.1) is 0 Å². The molecule has 560 valence electrons. The Morgan fingerprint density at radius 1 is 0.436 bits per heavy atom. The largest absolute Gasteiger partial charge is 0.328 e. The number of hydrogen-bond donors (Lipinski definition) is 11. The van der Waals surface area contributed by atoms with Crippen molar-refractivity contribution in [1.29, 1.82) is 10.5 Å². The summed E-state index contributed by atoms with van der Waals surface area (Å²) in [4.78, 5) is 164. The average Bonchev–Trinajstić information content (AvgIpc) is 1.68. The molecule has 0 saturated carbocycles. The average molecular weight is 1420 g/mol. The van der Waals surface area contributed by atoms with Crippen molar-refractivity contribution in [1.82, 2.24) is 97.7 Å². The molecule has 0 spiro atoms. The van der Waals surface area contributed by atoms with Crippen LogP contribution in [0.15, 0.2) is 0 Å². The normalized spacial score (nSPS) is 33.3.